The molecule has 35 heavy (non-hydrogen) atoms. The summed E-state index contributed by atoms with van der Waals surface area (Å²) in [5, 5.41) is 5.55. The number of fused-ring (bicyclic) bond motifs is 1. The Labute approximate surface area is 202 Å². The lowest BCUT2D eigenvalue weighted by atomic mass is 10.2. The molecule has 0 saturated heterocycles. The van der Waals surface area contributed by atoms with Crippen LogP contribution in [-0.4, -0.2) is 53.7 Å². The van der Waals surface area contributed by atoms with Gasteiger partial charge in [-0.05, 0) is 38.0 Å². The van der Waals surface area contributed by atoms with E-state index >= 15 is 0 Å². The Morgan fingerprint density at radius 1 is 1.03 bits per heavy atom. The largest absolute Gasteiger partial charge is 0.494 e. The number of nitrogens with zero attached hydrogens (tertiary/aromatic N) is 5. The summed E-state index contributed by atoms with van der Waals surface area (Å²) < 4.78 is 42.0. The second kappa shape index (κ2) is 8.47. The van der Waals surface area contributed by atoms with Gasteiger partial charge in [-0.3, -0.25) is 4.57 Å². The van der Waals surface area contributed by atoms with Crippen molar-refractivity contribution in [2.45, 2.75) is 24.5 Å². The average Bonchev–Trinajstić information content (AvgIpc) is 3.60. The number of rotatable bonds is 8. The zero-order chi connectivity index (χ0) is 24.8. The van der Waals surface area contributed by atoms with Gasteiger partial charge in [0.1, 0.15) is 27.6 Å². The van der Waals surface area contributed by atoms with Gasteiger partial charge < -0.3 is 14.2 Å². The molecule has 0 amide bonds. The number of hydrogen-bond donors (Lipinski definition) is 1. The summed E-state index contributed by atoms with van der Waals surface area (Å²) in [6, 6.07) is 10.7. The van der Waals surface area contributed by atoms with E-state index < -0.39 is 14.8 Å². The molecule has 1 saturated carbocycles. The molecular formula is C23H24N6O5S. The molecule has 1 aliphatic rings. The number of para-hydroxylation sites is 1. The van der Waals surface area contributed by atoms with Crippen molar-refractivity contribution in [1.29, 1.82) is 0 Å². The van der Waals surface area contributed by atoms with E-state index in [1.165, 1.54) is 6.20 Å². The van der Waals surface area contributed by atoms with Crippen LogP contribution in [0.1, 0.15) is 25.5 Å². The predicted molar refractivity (Wildman–Crippen MR) is 128 cm³/mol. The highest BCUT2D eigenvalue weighted by atomic mass is 32.2. The first-order valence-corrected chi connectivity index (χ1v) is 12.5. The fourth-order valence-corrected chi connectivity index (χ4v) is 5.14. The third kappa shape index (κ3) is 3.74. The van der Waals surface area contributed by atoms with Crippen LogP contribution in [0.4, 0.5) is 0 Å². The molecule has 0 bridgehead atoms. The molecule has 0 aliphatic heterocycles. The van der Waals surface area contributed by atoms with E-state index in [1.807, 2.05) is 13.0 Å². The summed E-state index contributed by atoms with van der Waals surface area (Å²) in [5.74, 6) is 1.82. The lowest BCUT2D eigenvalue weighted by molar-refractivity contribution is 0.327. The Bertz CT molecular complexity index is 1510. The summed E-state index contributed by atoms with van der Waals surface area (Å²) in [5.41, 5.74) is 1.90. The molecule has 4 aromatic rings. The highest BCUT2D eigenvalue weighted by Gasteiger charge is 2.56. The first-order valence-electron chi connectivity index (χ1n) is 10.9. The molecule has 11 nitrogen and oxygen atoms in total. The maximum Gasteiger partial charge on any atom is 0.220 e. The van der Waals surface area contributed by atoms with Crippen molar-refractivity contribution in [3.8, 4) is 34.6 Å². The van der Waals surface area contributed by atoms with E-state index in [2.05, 4.69) is 9.97 Å². The van der Waals surface area contributed by atoms with Crippen molar-refractivity contribution in [2.24, 2.45) is 5.14 Å². The van der Waals surface area contributed by atoms with Crippen molar-refractivity contribution in [3.05, 3.63) is 48.3 Å². The quantitative estimate of drug-likeness (QED) is 0.389. The van der Waals surface area contributed by atoms with Crippen LogP contribution in [0.3, 0.4) is 0 Å². The average molecular weight is 497 g/mol. The lowest BCUT2D eigenvalue weighted by Crippen LogP contribution is -2.29. The lowest BCUT2D eigenvalue weighted by Gasteiger charge is -2.17. The number of sulfonamides is 1. The zero-order valence-corrected chi connectivity index (χ0v) is 20.2. The van der Waals surface area contributed by atoms with E-state index in [0.29, 0.717) is 65.3 Å². The molecule has 2 N–H and O–H groups in total. The van der Waals surface area contributed by atoms with Gasteiger partial charge in [0.15, 0.2) is 17.1 Å². The standard InChI is InChI=1S/C23H24N6O5S/c1-4-34-18-10-5-7-14(26-18)21-28-20-22(27-17(13-25-20)23(11-12-23)35(24,30)31)29(21)19-15(32-2)8-6-9-16(19)33-3/h5-10,13H,4,11-12H2,1-3H3,(H2,24,30,31). The molecule has 1 aliphatic carbocycles. The third-order valence-electron chi connectivity index (χ3n) is 5.96. The van der Waals surface area contributed by atoms with E-state index in [4.69, 9.17) is 29.3 Å². The summed E-state index contributed by atoms with van der Waals surface area (Å²) in [6.07, 6.45) is 2.18. The number of primary sulfonamides is 1. The normalized spacial score (nSPS) is 14.6. The van der Waals surface area contributed by atoms with Crippen molar-refractivity contribution in [2.75, 3.05) is 20.8 Å². The number of benzene rings is 1. The number of nitrogens with two attached hydrogens (primary N) is 1. The topological polar surface area (TPSA) is 144 Å². The van der Waals surface area contributed by atoms with Crippen LogP contribution in [0.5, 0.6) is 17.4 Å². The Morgan fingerprint density at radius 3 is 2.31 bits per heavy atom. The molecular weight excluding hydrogens is 472 g/mol. The van der Waals surface area contributed by atoms with Crippen LogP contribution in [-0.2, 0) is 14.8 Å². The Hall–Kier alpha value is -3.77. The van der Waals surface area contributed by atoms with E-state index in [-0.39, 0.29) is 5.69 Å². The number of imidazole rings is 1. The molecule has 182 valence electrons. The molecule has 3 aromatic heterocycles. The maximum atomic E-state index is 12.4. The molecule has 0 unspecified atom stereocenters. The van der Waals surface area contributed by atoms with Crippen molar-refractivity contribution in [3.63, 3.8) is 0 Å². The minimum absolute atomic E-state index is 0.269. The van der Waals surface area contributed by atoms with Crippen LogP contribution in [0, 0.1) is 0 Å². The second-order valence-electron chi connectivity index (χ2n) is 8.02. The monoisotopic (exact) mass is 496 g/mol. The molecule has 3 heterocycles. The summed E-state index contributed by atoms with van der Waals surface area (Å²) >= 11 is 0. The van der Waals surface area contributed by atoms with E-state index in [0.717, 1.165) is 0 Å². The van der Waals surface area contributed by atoms with Gasteiger partial charge in [-0.15, -0.1) is 0 Å². The minimum atomic E-state index is -3.88. The van der Waals surface area contributed by atoms with Gasteiger partial charge in [-0.25, -0.2) is 33.5 Å². The smallest absolute Gasteiger partial charge is 0.220 e. The van der Waals surface area contributed by atoms with Gasteiger partial charge in [0, 0.05) is 6.07 Å². The molecule has 0 spiro atoms. The van der Waals surface area contributed by atoms with Gasteiger partial charge in [-0.1, -0.05) is 12.1 Å². The van der Waals surface area contributed by atoms with Crippen LogP contribution in [0.15, 0.2) is 42.6 Å². The minimum Gasteiger partial charge on any atom is -0.494 e. The molecule has 1 aromatic carbocycles. The van der Waals surface area contributed by atoms with Gasteiger partial charge in [0.25, 0.3) is 0 Å². The van der Waals surface area contributed by atoms with Gasteiger partial charge >= 0.3 is 0 Å². The molecule has 0 radical (unpaired) electrons. The van der Waals surface area contributed by atoms with Crippen LogP contribution in [0.25, 0.3) is 28.5 Å². The van der Waals surface area contributed by atoms with Crippen LogP contribution in [0.2, 0.25) is 0 Å². The number of hydrogen-bond acceptors (Lipinski definition) is 9. The van der Waals surface area contributed by atoms with Gasteiger partial charge in [0.05, 0.1) is 32.7 Å². The molecule has 0 atom stereocenters. The van der Waals surface area contributed by atoms with E-state index in [1.54, 1.807) is 49.1 Å². The van der Waals surface area contributed by atoms with Crippen molar-refractivity contribution < 1.29 is 22.6 Å². The Kier molecular flexibility index (Phi) is 5.56. The van der Waals surface area contributed by atoms with E-state index in [9.17, 15) is 8.42 Å². The third-order valence-corrected chi connectivity index (χ3v) is 7.66. The highest BCUT2D eigenvalue weighted by Crippen LogP contribution is 2.51. The van der Waals surface area contributed by atoms with Crippen LogP contribution < -0.4 is 19.3 Å². The zero-order valence-electron chi connectivity index (χ0n) is 19.4. The fourth-order valence-electron chi connectivity index (χ4n) is 4.08. The van der Waals surface area contributed by atoms with Crippen LogP contribution >= 0.6 is 0 Å². The predicted octanol–water partition coefficient (Wildman–Crippen LogP) is 2.57. The summed E-state index contributed by atoms with van der Waals surface area (Å²) in [4.78, 5) is 18.5. The maximum absolute atomic E-state index is 12.4. The van der Waals surface area contributed by atoms with Crippen molar-refractivity contribution in [1.82, 2.24) is 24.5 Å². The number of methoxy groups -OCH3 is 2. The molecule has 5 rings (SSSR count). The summed E-state index contributed by atoms with van der Waals surface area (Å²) in [6.45, 7) is 2.33. The van der Waals surface area contributed by atoms with Gasteiger partial charge in [-0.2, -0.15) is 0 Å². The molecule has 1 fully saturated rings. The SMILES string of the molecule is CCOc1cccc(-c2nc3ncc(C4(S(N)(=O)=O)CC4)nc3n2-c2c(OC)cccc2OC)n1. The first kappa shape index (κ1) is 23.0. The summed E-state index contributed by atoms with van der Waals surface area (Å²) in [7, 11) is -0.796. The number of ether oxygens (including phenoxy) is 3. The number of aromatic nitrogens is 5. The Morgan fingerprint density at radius 2 is 1.71 bits per heavy atom. The molecule has 12 heteroatoms. The second-order valence-corrected chi connectivity index (χ2v) is 9.89. The fraction of sp³-hybridized carbons (Fsp3) is 0.304. The Balaban J connectivity index is 1.84. The first-order chi connectivity index (χ1) is 16.8. The van der Waals surface area contributed by atoms with Gasteiger partial charge in [0.2, 0.25) is 15.9 Å². The highest BCUT2D eigenvalue weighted by molar-refractivity contribution is 7.90. The van der Waals surface area contributed by atoms with Crippen molar-refractivity contribution >= 4 is 21.3 Å². The number of pyridine rings is 1.